The predicted molar refractivity (Wildman–Crippen MR) is 80.7 cm³/mol. The van der Waals surface area contributed by atoms with Gasteiger partial charge >= 0.3 is 5.97 Å². The van der Waals surface area contributed by atoms with Crippen LogP contribution in [0.25, 0.3) is 0 Å². The first-order chi connectivity index (χ1) is 10.7. The second kappa shape index (κ2) is 8.14. The minimum Gasteiger partial charge on any atom is -0.469 e. The standard InChI is InChI=1S/C16H25N3O3/c1-22-16(21)13-5-10-19(11-6-13)15(20)14-4-2-8-18(12-14)9-3-7-17/h13-14H,2-6,8-12H2,1H3. The maximum Gasteiger partial charge on any atom is 0.308 e. The normalized spacial score (nSPS) is 23.8. The van der Waals surface area contributed by atoms with Crippen molar-refractivity contribution in [2.75, 3.05) is 39.8 Å². The van der Waals surface area contributed by atoms with Crippen LogP contribution >= 0.6 is 0 Å². The van der Waals surface area contributed by atoms with Gasteiger partial charge in [-0.25, -0.2) is 0 Å². The van der Waals surface area contributed by atoms with Gasteiger partial charge in [-0.3, -0.25) is 9.59 Å². The van der Waals surface area contributed by atoms with Crippen molar-refractivity contribution < 1.29 is 14.3 Å². The lowest BCUT2D eigenvalue weighted by molar-refractivity contribution is -0.150. The molecule has 22 heavy (non-hydrogen) atoms. The van der Waals surface area contributed by atoms with Gasteiger partial charge in [-0.05, 0) is 32.2 Å². The van der Waals surface area contributed by atoms with Crippen LogP contribution in [0.5, 0.6) is 0 Å². The van der Waals surface area contributed by atoms with Gasteiger partial charge in [0.15, 0.2) is 0 Å². The zero-order valence-electron chi connectivity index (χ0n) is 13.3. The highest BCUT2D eigenvalue weighted by Gasteiger charge is 2.33. The van der Waals surface area contributed by atoms with Gasteiger partial charge in [0.1, 0.15) is 0 Å². The van der Waals surface area contributed by atoms with Crippen LogP contribution in [0.15, 0.2) is 0 Å². The first-order valence-electron chi connectivity index (χ1n) is 8.11. The average molecular weight is 307 g/mol. The monoisotopic (exact) mass is 307 g/mol. The van der Waals surface area contributed by atoms with Crippen LogP contribution in [0.4, 0.5) is 0 Å². The van der Waals surface area contributed by atoms with E-state index in [0.717, 1.165) is 32.5 Å². The molecule has 0 N–H and O–H groups in total. The van der Waals surface area contributed by atoms with Crippen LogP contribution in [-0.2, 0) is 14.3 Å². The number of methoxy groups -OCH3 is 1. The summed E-state index contributed by atoms with van der Waals surface area (Å²) in [6, 6.07) is 2.16. The maximum absolute atomic E-state index is 12.6. The lowest BCUT2D eigenvalue weighted by Crippen LogP contribution is -2.48. The molecule has 0 spiro atoms. The Hall–Kier alpha value is -1.61. The average Bonchev–Trinajstić information content (AvgIpc) is 2.59. The highest BCUT2D eigenvalue weighted by molar-refractivity contribution is 5.80. The lowest BCUT2D eigenvalue weighted by atomic mass is 9.93. The quantitative estimate of drug-likeness (QED) is 0.725. The first kappa shape index (κ1) is 16.8. The Morgan fingerprint density at radius 1 is 1.18 bits per heavy atom. The number of nitrogens with zero attached hydrogens (tertiary/aromatic N) is 3. The SMILES string of the molecule is COC(=O)C1CCN(C(=O)C2CCCN(CCC#N)C2)CC1. The fourth-order valence-corrected chi connectivity index (χ4v) is 3.43. The number of amides is 1. The largest absolute Gasteiger partial charge is 0.469 e. The molecule has 0 aromatic heterocycles. The molecule has 122 valence electrons. The molecule has 2 saturated heterocycles. The van der Waals surface area contributed by atoms with Crippen molar-refractivity contribution in [1.82, 2.24) is 9.80 Å². The molecule has 0 aromatic rings. The summed E-state index contributed by atoms with van der Waals surface area (Å²) in [5, 5.41) is 8.68. The molecular formula is C16H25N3O3. The van der Waals surface area contributed by atoms with Gasteiger partial charge in [0, 0.05) is 32.6 Å². The summed E-state index contributed by atoms with van der Waals surface area (Å²) in [6.07, 6.45) is 3.86. The van der Waals surface area contributed by atoms with Crippen molar-refractivity contribution in [1.29, 1.82) is 5.26 Å². The van der Waals surface area contributed by atoms with Crippen molar-refractivity contribution in [2.24, 2.45) is 11.8 Å². The second-order valence-electron chi connectivity index (χ2n) is 6.17. The summed E-state index contributed by atoms with van der Waals surface area (Å²) in [6.45, 7) is 3.79. The highest BCUT2D eigenvalue weighted by atomic mass is 16.5. The Balaban J connectivity index is 1.82. The lowest BCUT2D eigenvalue weighted by Gasteiger charge is -2.37. The van der Waals surface area contributed by atoms with Crippen molar-refractivity contribution in [3.8, 4) is 6.07 Å². The van der Waals surface area contributed by atoms with Gasteiger partial charge in [-0.2, -0.15) is 5.26 Å². The number of carbonyl (C=O) groups excluding carboxylic acids is 2. The third-order valence-corrected chi connectivity index (χ3v) is 4.74. The predicted octanol–water partition coefficient (Wildman–Crippen LogP) is 1.02. The van der Waals surface area contributed by atoms with Gasteiger partial charge in [-0.1, -0.05) is 0 Å². The molecule has 2 fully saturated rings. The van der Waals surface area contributed by atoms with E-state index >= 15 is 0 Å². The molecule has 0 saturated carbocycles. The number of nitriles is 1. The molecule has 2 rings (SSSR count). The second-order valence-corrected chi connectivity index (χ2v) is 6.17. The zero-order valence-corrected chi connectivity index (χ0v) is 13.3. The molecule has 0 radical (unpaired) electrons. The fraction of sp³-hybridized carbons (Fsp3) is 0.812. The van der Waals surface area contributed by atoms with Crippen molar-refractivity contribution in [3.63, 3.8) is 0 Å². The Morgan fingerprint density at radius 3 is 2.55 bits per heavy atom. The van der Waals surface area contributed by atoms with E-state index in [0.29, 0.717) is 32.4 Å². The zero-order chi connectivity index (χ0) is 15.9. The number of hydrogen-bond acceptors (Lipinski definition) is 5. The van der Waals surface area contributed by atoms with Gasteiger partial charge in [-0.15, -0.1) is 0 Å². The number of ether oxygens (including phenoxy) is 1. The molecule has 1 unspecified atom stereocenters. The van der Waals surface area contributed by atoms with Crippen molar-refractivity contribution in [3.05, 3.63) is 0 Å². The van der Waals surface area contributed by atoms with E-state index in [1.54, 1.807) is 0 Å². The summed E-state index contributed by atoms with van der Waals surface area (Å²) in [5.41, 5.74) is 0. The topological polar surface area (TPSA) is 73.6 Å². The van der Waals surface area contributed by atoms with Gasteiger partial charge in [0.05, 0.1) is 25.0 Å². The van der Waals surface area contributed by atoms with Crippen LogP contribution in [-0.4, -0.2) is 61.5 Å². The molecule has 1 amide bonds. The van der Waals surface area contributed by atoms with E-state index in [4.69, 9.17) is 10.00 Å². The molecule has 2 aliphatic rings. The van der Waals surface area contributed by atoms with Crippen LogP contribution in [0, 0.1) is 23.2 Å². The van der Waals surface area contributed by atoms with Crippen molar-refractivity contribution in [2.45, 2.75) is 32.1 Å². The summed E-state index contributed by atoms with van der Waals surface area (Å²) in [7, 11) is 1.41. The van der Waals surface area contributed by atoms with Crippen LogP contribution in [0.1, 0.15) is 32.1 Å². The number of esters is 1. The minimum atomic E-state index is -0.160. The van der Waals surface area contributed by atoms with Crippen LogP contribution in [0.2, 0.25) is 0 Å². The number of hydrogen-bond donors (Lipinski definition) is 0. The highest BCUT2D eigenvalue weighted by Crippen LogP contribution is 2.23. The first-order valence-corrected chi connectivity index (χ1v) is 8.11. The fourth-order valence-electron chi connectivity index (χ4n) is 3.43. The molecule has 2 aliphatic heterocycles. The van der Waals surface area contributed by atoms with E-state index in [1.165, 1.54) is 7.11 Å². The summed E-state index contributed by atoms with van der Waals surface area (Å²) in [5.74, 6) is 0.0343. The van der Waals surface area contributed by atoms with Gasteiger partial charge < -0.3 is 14.5 Å². The molecule has 0 aromatic carbocycles. The summed E-state index contributed by atoms with van der Waals surface area (Å²) < 4.78 is 4.78. The minimum absolute atomic E-state index is 0.0436. The van der Waals surface area contributed by atoms with Gasteiger partial charge in [0.25, 0.3) is 0 Å². The van der Waals surface area contributed by atoms with Crippen molar-refractivity contribution >= 4 is 11.9 Å². The maximum atomic E-state index is 12.6. The smallest absolute Gasteiger partial charge is 0.308 e. The third-order valence-electron chi connectivity index (χ3n) is 4.74. The Labute approximate surface area is 132 Å². The number of likely N-dealkylation sites (tertiary alicyclic amines) is 2. The number of rotatable bonds is 4. The van der Waals surface area contributed by atoms with E-state index in [1.807, 2.05) is 4.90 Å². The molecule has 6 nitrogen and oxygen atoms in total. The van der Waals surface area contributed by atoms with E-state index < -0.39 is 0 Å². The summed E-state index contributed by atoms with van der Waals surface area (Å²) in [4.78, 5) is 28.3. The van der Waals surface area contributed by atoms with E-state index in [9.17, 15) is 9.59 Å². The van der Waals surface area contributed by atoms with Crippen LogP contribution in [0.3, 0.4) is 0 Å². The van der Waals surface area contributed by atoms with E-state index in [2.05, 4.69) is 11.0 Å². The molecular weight excluding hydrogens is 282 g/mol. The molecule has 0 aliphatic carbocycles. The van der Waals surface area contributed by atoms with E-state index in [-0.39, 0.29) is 23.7 Å². The number of carbonyl (C=O) groups is 2. The Morgan fingerprint density at radius 2 is 1.91 bits per heavy atom. The third kappa shape index (κ3) is 4.20. The van der Waals surface area contributed by atoms with Crippen LogP contribution < -0.4 is 0 Å². The molecule has 0 bridgehead atoms. The summed E-state index contributed by atoms with van der Waals surface area (Å²) >= 11 is 0. The Bertz CT molecular complexity index is 438. The molecule has 1 atom stereocenters. The van der Waals surface area contributed by atoms with Gasteiger partial charge in [0.2, 0.25) is 5.91 Å². The molecule has 6 heteroatoms. The Kier molecular flexibility index (Phi) is 6.20. The number of piperidine rings is 2. The molecule has 2 heterocycles.